The maximum Gasteiger partial charge on any atom is 0.224 e. The van der Waals surface area contributed by atoms with E-state index in [0.29, 0.717) is 17.9 Å². The van der Waals surface area contributed by atoms with Crippen molar-refractivity contribution in [1.29, 1.82) is 0 Å². The van der Waals surface area contributed by atoms with Crippen molar-refractivity contribution in [2.24, 2.45) is 0 Å². The van der Waals surface area contributed by atoms with E-state index in [4.69, 9.17) is 11.6 Å². The Balaban J connectivity index is 2.06. The maximum absolute atomic E-state index is 12.4. The van der Waals surface area contributed by atoms with E-state index < -0.39 is 0 Å². The van der Waals surface area contributed by atoms with E-state index >= 15 is 0 Å². The van der Waals surface area contributed by atoms with Crippen LogP contribution in [-0.2, 0) is 11.2 Å². The number of nitrogens with zero attached hydrogens (tertiary/aromatic N) is 2. The van der Waals surface area contributed by atoms with Crippen LogP contribution < -0.4 is 5.32 Å². The summed E-state index contributed by atoms with van der Waals surface area (Å²) >= 11 is 9.27. The van der Waals surface area contributed by atoms with Crippen LogP contribution in [0.2, 0.25) is 5.02 Å². The molecule has 0 spiro atoms. The lowest BCUT2D eigenvalue weighted by molar-refractivity contribution is -0.116. The van der Waals surface area contributed by atoms with Crippen molar-refractivity contribution in [2.45, 2.75) is 43.7 Å². The molecule has 0 saturated carbocycles. The van der Waals surface area contributed by atoms with Crippen molar-refractivity contribution < 1.29 is 4.79 Å². The Labute approximate surface area is 162 Å². The molecule has 0 atom stereocenters. The average Bonchev–Trinajstić information content (AvgIpc) is 2.56. The molecule has 1 aromatic heterocycles. The van der Waals surface area contributed by atoms with Crippen LogP contribution in [0.1, 0.15) is 30.3 Å². The molecule has 0 fully saturated rings. The van der Waals surface area contributed by atoms with Gasteiger partial charge in [-0.3, -0.25) is 4.79 Å². The summed E-state index contributed by atoms with van der Waals surface area (Å²) in [6.45, 7) is 6.01. The zero-order valence-electron chi connectivity index (χ0n) is 14.9. The zero-order chi connectivity index (χ0) is 18.4. The molecule has 0 radical (unpaired) electrons. The molecule has 1 aromatic carbocycles. The third kappa shape index (κ3) is 5.62. The predicted octanol–water partition coefficient (Wildman–Crippen LogP) is 5.15. The van der Waals surface area contributed by atoms with Gasteiger partial charge >= 0.3 is 0 Å². The normalized spacial score (nSPS) is 10.8. The maximum atomic E-state index is 12.4. The molecule has 0 aliphatic carbocycles. The second-order valence-corrected chi connectivity index (χ2v) is 8.00. The molecule has 1 N–H and O–H groups in total. The molecular weight excluding hydrogens is 374 g/mol. The molecule has 2 rings (SSSR count). The monoisotopic (exact) mass is 395 g/mol. The third-order valence-corrected chi connectivity index (χ3v) is 5.44. The fourth-order valence-electron chi connectivity index (χ4n) is 2.49. The molecule has 0 unspecified atom stereocenters. The van der Waals surface area contributed by atoms with Gasteiger partial charge in [-0.1, -0.05) is 30.3 Å². The number of benzene rings is 1. The summed E-state index contributed by atoms with van der Waals surface area (Å²) in [6.07, 6.45) is 2.96. The first-order valence-electron chi connectivity index (χ1n) is 8.04. The smallest absolute Gasteiger partial charge is 0.224 e. The largest absolute Gasteiger partial charge is 0.325 e. The van der Waals surface area contributed by atoms with Crippen LogP contribution in [0.15, 0.2) is 28.3 Å². The number of thioether (sulfide) groups is 2. The first kappa shape index (κ1) is 20.1. The van der Waals surface area contributed by atoms with E-state index in [-0.39, 0.29) is 5.91 Å². The minimum Gasteiger partial charge on any atom is -0.325 e. The van der Waals surface area contributed by atoms with Crippen molar-refractivity contribution in [2.75, 3.05) is 17.3 Å². The Bertz CT molecular complexity index is 745. The number of nitrogens with one attached hydrogen (secondary N) is 1. The number of carbonyl (C=O) groups is 1. The Morgan fingerprint density at radius 2 is 1.92 bits per heavy atom. The molecule has 1 heterocycles. The van der Waals surface area contributed by atoms with Crippen LogP contribution in [0, 0.1) is 13.8 Å². The molecule has 0 aliphatic heterocycles. The van der Waals surface area contributed by atoms with Gasteiger partial charge in [0.25, 0.3) is 0 Å². The highest BCUT2D eigenvalue weighted by molar-refractivity contribution is 7.99. The molecule has 0 bridgehead atoms. The molecular formula is C18H22ClN3OS2. The van der Waals surface area contributed by atoms with Gasteiger partial charge in [0.15, 0.2) is 5.16 Å². The molecule has 0 aliphatic rings. The Hall–Kier alpha value is -1.24. The third-order valence-electron chi connectivity index (χ3n) is 3.70. The van der Waals surface area contributed by atoms with Gasteiger partial charge in [0.2, 0.25) is 5.91 Å². The van der Waals surface area contributed by atoms with Crippen molar-refractivity contribution in [3.8, 4) is 0 Å². The van der Waals surface area contributed by atoms with E-state index in [1.165, 1.54) is 11.8 Å². The van der Waals surface area contributed by atoms with Crippen molar-refractivity contribution >= 4 is 46.7 Å². The van der Waals surface area contributed by atoms with E-state index in [0.717, 1.165) is 38.4 Å². The number of anilines is 1. The van der Waals surface area contributed by atoms with E-state index in [1.807, 2.05) is 32.2 Å². The van der Waals surface area contributed by atoms with Gasteiger partial charge in [0.1, 0.15) is 0 Å². The average molecular weight is 396 g/mol. The van der Waals surface area contributed by atoms with Gasteiger partial charge in [-0.2, -0.15) is 0 Å². The molecule has 25 heavy (non-hydrogen) atoms. The molecule has 1 amide bonds. The predicted molar refractivity (Wildman–Crippen MR) is 108 cm³/mol. The zero-order valence-corrected chi connectivity index (χ0v) is 17.2. The first-order chi connectivity index (χ1) is 11.9. The van der Waals surface area contributed by atoms with Crippen LogP contribution in [0.5, 0.6) is 0 Å². The van der Waals surface area contributed by atoms with Crippen LogP contribution >= 0.6 is 35.1 Å². The van der Waals surface area contributed by atoms with Gasteiger partial charge in [-0.05, 0) is 56.0 Å². The van der Waals surface area contributed by atoms with E-state index in [1.54, 1.807) is 17.8 Å². The van der Waals surface area contributed by atoms with Crippen molar-refractivity contribution in [3.63, 3.8) is 0 Å². The molecule has 134 valence electrons. The summed E-state index contributed by atoms with van der Waals surface area (Å²) in [6, 6.07) is 5.58. The van der Waals surface area contributed by atoms with Crippen molar-refractivity contribution in [1.82, 2.24) is 9.97 Å². The Morgan fingerprint density at radius 3 is 2.52 bits per heavy atom. The van der Waals surface area contributed by atoms with E-state index in [2.05, 4.69) is 22.2 Å². The number of aryl methyl sites for hydroxylation is 2. The summed E-state index contributed by atoms with van der Waals surface area (Å²) in [5.74, 6) is 0.898. The van der Waals surface area contributed by atoms with Crippen LogP contribution in [0.3, 0.4) is 0 Å². The fourth-order valence-corrected chi connectivity index (χ4v) is 3.86. The summed E-state index contributed by atoms with van der Waals surface area (Å²) in [4.78, 5) is 22.3. The minimum absolute atomic E-state index is 0.0343. The number of hydrogen-bond donors (Lipinski definition) is 1. The number of rotatable bonds is 7. The topological polar surface area (TPSA) is 54.9 Å². The van der Waals surface area contributed by atoms with Crippen LogP contribution in [0.4, 0.5) is 5.69 Å². The quantitative estimate of drug-likeness (QED) is 0.518. The lowest BCUT2D eigenvalue weighted by Crippen LogP contribution is -2.14. The van der Waals surface area contributed by atoms with Gasteiger partial charge in [0, 0.05) is 27.7 Å². The minimum atomic E-state index is -0.0343. The SMILES string of the molecule is CCSc1ccc(Cl)cc1NC(=O)CCc1c(C)nc(SC)nc1C. The standard InChI is InChI=1S/C18H22ClN3OS2/c1-5-25-16-8-6-13(19)10-15(16)22-17(23)9-7-14-11(2)20-18(24-4)21-12(14)3/h6,8,10H,5,7,9H2,1-4H3,(H,22,23). The fraction of sp³-hybridized carbons (Fsp3) is 0.389. The molecule has 7 heteroatoms. The lowest BCUT2D eigenvalue weighted by atomic mass is 10.1. The highest BCUT2D eigenvalue weighted by Crippen LogP contribution is 2.30. The summed E-state index contributed by atoms with van der Waals surface area (Å²) < 4.78 is 0. The number of amides is 1. The van der Waals surface area contributed by atoms with Gasteiger partial charge in [-0.15, -0.1) is 11.8 Å². The molecule has 2 aromatic rings. The van der Waals surface area contributed by atoms with Crippen molar-refractivity contribution in [3.05, 3.63) is 40.2 Å². The highest BCUT2D eigenvalue weighted by Gasteiger charge is 2.12. The number of carbonyl (C=O) groups excluding carboxylic acids is 1. The summed E-state index contributed by atoms with van der Waals surface area (Å²) in [7, 11) is 0. The lowest BCUT2D eigenvalue weighted by Gasteiger charge is -2.12. The summed E-state index contributed by atoms with van der Waals surface area (Å²) in [5.41, 5.74) is 3.69. The highest BCUT2D eigenvalue weighted by atomic mass is 35.5. The van der Waals surface area contributed by atoms with E-state index in [9.17, 15) is 4.79 Å². The van der Waals surface area contributed by atoms with Crippen LogP contribution in [-0.4, -0.2) is 27.9 Å². The van der Waals surface area contributed by atoms with Gasteiger partial charge in [0.05, 0.1) is 5.69 Å². The first-order valence-corrected chi connectivity index (χ1v) is 10.6. The number of halogens is 1. The molecule has 0 saturated heterocycles. The second kappa shape index (κ2) is 9.46. The summed E-state index contributed by atoms with van der Waals surface area (Å²) in [5, 5.41) is 4.36. The number of hydrogen-bond acceptors (Lipinski definition) is 5. The molecule has 4 nitrogen and oxygen atoms in total. The Morgan fingerprint density at radius 1 is 1.24 bits per heavy atom. The van der Waals surface area contributed by atoms with Crippen LogP contribution in [0.25, 0.3) is 0 Å². The van der Waals surface area contributed by atoms with Gasteiger partial charge < -0.3 is 5.32 Å². The number of aromatic nitrogens is 2. The Kier molecular flexibility index (Phi) is 7.59. The van der Waals surface area contributed by atoms with Gasteiger partial charge in [-0.25, -0.2) is 9.97 Å². The second-order valence-electron chi connectivity index (χ2n) is 5.48.